The van der Waals surface area contributed by atoms with Gasteiger partial charge in [0.1, 0.15) is 5.82 Å². The van der Waals surface area contributed by atoms with E-state index in [0.717, 1.165) is 30.4 Å². The monoisotopic (exact) mass is 396 g/mol. The first-order valence-electron chi connectivity index (χ1n) is 10.7. The SMILES string of the molecule is CCCC[C@H]1CC[C@H](c2ccc(-c3ccc4c(F)c(F)ccc4c3)c(F)c2)CC1. The first-order chi connectivity index (χ1) is 14.1. The molecule has 4 rings (SSSR count). The summed E-state index contributed by atoms with van der Waals surface area (Å²) in [5, 5.41) is 0.779. The lowest BCUT2D eigenvalue weighted by molar-refractivity contribution is 0.304. The van der Waals surface area contributed by atoms with Crippen LogP contribution in [0, 0.1) is 23.4 Å². The van der Waals surface area contributed by atoms with Crippen molar-refractivity contribution in [3.63, 3.8) is 0 Å². The van der Waals surface area contributed by atoms with E-state index >= 15 is 0 Å². The minimum atomic E-state index is -0.870. The fraction of sp³-hybridized carbons (Fsp3) is 0.385. The van der Waals surface area contributed by atoms with Crippen molar-refractivity contribution < 1.29 is 13.2 Å². The van der Waals surface area contributed by atoms with Crippen molar-refractivity contribution in [2.45, 2.75) is 57.8 Å². The third kappa shape index (κ3) is 4.19. The molecule has 0 unspecified atom stereocenters. The van der Waals surface area contributed by atoms with Crippen molar-refractivity contribution in [2.24, 2.45) is 5.92 Å². The van der Waals surface area contributed by atoms with Crippen LogP contribution in [0.25, 0.3) is 21.9 Å². The predicted octanol–water partition coefficient (Wildman–Crippen LogP) is 8.39. The van der Waals surface area contributed by atoms with E-state index in [1.165, 1.54) is 44.2 Å². The zero-order chi connectivity index (χ0) is 20.4. The highest BCUT2D eigenvalue weighted by atomic mass is 19.2. The van der Waals surface area contributed by atoms with Gasteiger partial charge in [-0.25, -0.2) is 13.2 Å². The Bertz CT molecular complexity index is 1000. The molecule has 0 atom stereocenters. The zero-order valence-corrected chi connectivity index (χ0v) is 16.9. The Labute approximate surface area is 170 Å². The number of halogens is 3. The molecule has 152 valence electrons. The molecule has 0 radical (unpaired) electrons. The molecule has 3 aromatic rings. The Morgan fingerprint density at radius 3 is 2.34 bits per heavy atom. The summed E-state index contributed by atoms with van der Waals surface area (Å²) in [4.78, 5) is 0. The van der Waals surface area contributed by atoms with Gasteiger partial charge < -0.3 is 0 Å². The van der Waals surface area contributed by atoms with Gasteiger partial charge in [0, 0.05) is 10.9 Å². The van der Waals surface area contributed by atoms with Gasteiger partial charge in [0.2, 0.25) is 0 Å². The van der Waals surface area contributed by atoms with Crippen molar-refractivity contribution in [1.29, 1.82) is 0 Å². The largest absolute Gasteiger partial charge is 0.206 e. The summed E-state index contributed by atoms with van der Waals surface area (Å²) in [5.41, 5.74) is 2.25. The summed E-state index contributed by atoms with van der Waals surface area (Å²) in [6.45, 7) is 2.24. The van der Waals surface area contributed by atoms with Crippen molar-refractivity contribution in [2.75, 3.05) is 0 Å². The Hall–Kier alpha value is -2.29. The van der Waals surface area contributed by atoms with Crippen LogP contribution < -0.4 is 0 Å². The van der Waals surface area contributed by atoms with Gasteiger partial charge >= 0.3 is 0 Å². The third-order valence-electron chi connectivity index (χ3n) is 6.50. The molecule has 0 bridgehead atoms. The number of unbranched alkanes of at least 4 members (excludes halogenated alkanes) is 1. The Morgan fingerprint density at radius 1 is 0.828 bits per heavy atom. The van der Waals surface area contributed by atoms with Crippen LogP contribution >= 0.6 is 0 Å². The molecule has 3 heteroatoms. The van der Waals surface area contributed by atoms with Gasteiger partial charge in [-0.2, -0.15) is 0 Å². The van der Waals surface area contributed by atoms with E-state index in [1.54, 1.807) is 18.2 Å². The fourth-order valence-electron chi connectivity index (χ4n) is 4.73. The average Bonchev–Trinajstić information content (AvgIpc) is 2.75. The standard InChI is InChI=1S/C26H27F3/c1-2-3-4-17-5-7-18(8-6-17)19-9-12-22(25(28)16-19)20-10-13-23-21(15-20)11-14-24(27)26(23)29/h9-18H,2-8H2,1H3/t17-,18-. The van der Waals surface area contributed by atoms with E-state index < -0.39 is 11.6 Å². The minimum absolute atomic E-state index is 0.214. The lowest BCUT2D eigenvalue weighted by atomic mass is 9.77. The van der Waals surface area contributed by atoms with Crippen LogP contribution in [0.5, 0.6) is 0 Å². The molecule has 0 aromatic heterocycles. The first kappa shape index (κ1) is 20.0. The maximum absolute atomic E-state index is 14.9. The van der Waals surface area contributed by atoms with Gasteiger partial charge in [0.15, 0.2) is 11.6 Å². The molecule has 0 aliphatic heterocycles. The molecular weight excluding hydrogens is 369 g/mol. The maximum atomic E-state index is 14.9. The normalized spacial score (nSPS) is 19.6. The van der Waals surface area contributed by atoms with Crippen LogP contribution in [0.4, 0.5) is 13.2 Å². The second-order valence-electron chi connectivity index (χ2n) is 8.40. The summed E-state index contributed by atoms with van der Waals surface area (Å²) in [6, 6.07) is 13.1. The molecule has 0 N–H and O–H groups in total. The van der Waals surface area contributed by atoms with E-state index in [9.17, 15) is 13.2 Å². The van der Waals surface area contributed by atoms with Gasteiger partial charge in [0.25, 0.3) is 0 Å². The lowest BCUT2D eigenvalue weighted by Crippen LogP contribution is -2.13. The number of rotatable bonds is 5. The Kier molecular flexibility index (Phi) is 5.94. The van der Waals surface area contributed by atoms with Crippen LogP contribution in [0.3, 0.4) is 0 Å². The molecule has 0 saturated heterocycles. The summed E-state index contributed by atoms with van der Waals surface area (Å²) in [5.74, 6) is -0.717. The molecule has 1 saturated carbocycles. The summed E-state index contributed by atoms with van der Waals surface area (Å²) in [6.07, 6.45) is 8.62. The van der Waals surface area contributed by atoms with E-state index in [-0.39, 0.29) is 11.2 Å². The number of hydrogen-bond donors (Lipinski definition) is 0. The van der Waals surface area contributed by atoms with Crippen molar-refractivity contribution in [3.05, 3.63) is 71.5 Å². The molecule has 0 amide bonds. The molecule has 3 aromatic carbocycles. The van der Waals surface area contributed by atoms with E-state index in [4.69, 9.17) is 0 Å². The second-order valence-corrected chi connectivity index (χ2v) is 8.40. The van der Waals surface area contributed by atoms with Gasteiger partial charge in [0.05, 0.1) is 0 Å². The average molecular weight is 396 g/mol. The molecule has 0 spiro atoms. The fourth-order valence-corrected chi connectivity index (χ4v) is 4.73. The topological polar surface area (TPSA) is 0 Å². The first-order valence-corrected chi connectivity index (χ1v) is 10.7. The molecule has 1 aliphatic carbocycles. The predicted molar refractivity (Wildman–Crippen MR) is 113 cm³/mol. The van der Waals surface area contributed by atoms with E-state index in [1.807, 2.05) is 12.1 Å². The minimum Gasteiger partial charge on any atom is -0.206 e. The highest BCUT2D eigenvalue weighted by molar-refractivity contribution is 5.88. The number of hydrogen-bond acceptors (Lipinski definition) is 0. The van der Waals surface area contributed by atoms with Crippen LogP contribution in [0.15, 0.2) is 48.5 Å². The molecule has 0 heterocycles. The Balaban J connectivity index is 1.54. The van der Waals surface area contributed by atoms with Crippen LogP contribution in [-0.2, 0) is 0 Å². The zero-order valence-electron chi connectivity index (χ0n) is 16.9. The van der Waals surface area contributed by atoms with Crippen molar-refractivity contribution >= 4 is 10.8 Å². The van der Waals surface area contributed by atoms with Crippen molar-refractivity contribution in [3.8, 4) is 11.1 Å². The molecule has 0 nitrogen and oxygen atoms in total. The smallest absolute Gasteiger partial charge is 0.166 e. The highest BCUT2D eigenvalue weighted by Gasteiger charge is 2.23. The molecule has 1 aliphatic rings. The number of fused-ring (bicyclic) bond motifs is 1. The van der Waals surface area contributed by atoms with Crippen LogP contribution in [0.2, 0.25) is 0 Å². The van der Waals surface area contributed by atoms with Gasteiger partial charge in [-0.3, -0.25) is 0 Å². The molecule has 1 fully saturated rings. The molecule has 29 heavy (non-hydrogen) atoms. The summed E-state index contributed by atoms with van der Waals surface area (Å²) in [7, 11) is 0. The molecular formula is C26H27F3. The number of benzene rings is 3. The van der Waals surface area contributed by atoms with Crippen molar-refractivity contribution in [1.82, 2.24) is 0 Å². The van der Waals surface area contributed by atoms with Crippen LogP contribution in [-0.4, -0.2) is 0 Å². The van der Waals surface area contributed by atoms with Crippen LogP contribution in [0.1, 0.15) is 63.4 Å². The van der Waals surface area contributed by atoms with E-state index in [2.05, 4.69) is 6.92 Å². The third-order valence-corrected chi connectivity index (χ3v) is 6.50. The quantitative estimate of drug-likeness (QED) is 0.406. The van der Waals surface area contributed by atoms with Gasteiger partial charge in [-0.05, 0) is 72.2 Å². The lowest BCUT2D eigenvalue weighted by Gasteiger charge is -2.29. The summed E-state index contributed by atoms with van der Waals surface area (Å²) >= 11 is 0. The van der Waals surface area contributed by atoms with Gasteiger partial charge in [-0.1, -0.05) is 56.5 Å². The summed E-state index contributed by atoms with van der Waals surface area (Å²) < 4.78 is 42.3. The van der Waals surface area contributed by atoms with E-state index in [0.29, 0.717) is 22.4 Å². The highest BCUT2D eigenvalue weighted by Crippen LogP contribution is 2.39. The second kappa shape index (κ2) is 8.61. The maximum Gasteiger partial charge on any atom is 0.166 e. The Morgan fingerprint density at radius 2 is 1.62 bits per heavy atom. The van der Waals surface area contributed by atoms with Gasteiger partial charge in [-0.15, -0.1) is 0 Å².